The van der Waals surface area contributed by atoms with Gasteiger partial charge in [-0.3, -0.25) is 4.79 Å². The molecule has 0 saturated carbocycles. The third-order valence-corrected chi connectivity index (χ3v) is 2.88. The molecule has 0 aliphatic heterocycles. The van der Waals surface area contributed by atoms with E-state index >= 15 is 0 Å². The second-order valence-corrected chi connectivity index (χ2v) is 4.30. The summed E-state index contributed by atoms with van der Waals surface area (Å²) in [6.07, 6.45) is 0.439. The average Bonchev–Trinajstić information content (AvgIpc) is 2.35. The molecule has 1 amide bonds. The van der Waals surface area contributed by atoms with Gasteiger partial charge < -0.3 is 16.0 Å². The minimum atomic E-state index is 0.0251. The molecular formula is C13H21N3O. The van der Waals surface area contributed by atoms with E-state index in [2.05, 4.69) is 5.32 Å². The lowest BCUT2D eigenvalue weighted by atomic mass is 9.95. The molecule has 0 heterocycles. The van der Waals surface area contributed by atoms with Crippen molar-refractivity contribution in [3.8, 4) is 0 Å². The highest BCUT2D eigenvalue weighted by Crippen LogP contribution is 2.21. The van der Waals surface area contributed by atoms with Crippen molar-refractivity contribution in [3.05, 3.63) is 29.8 Å². The van der Waals surface area contributed by atoms with E-state index in [1.54, 1.807) is 7.05 Å². The van der Waals surface area contributed by atoms with Gasteiger partial charge in [-0.15, -0.1) is 0 Å². The smallest absolute Gasteiger partial charge is 0.220 e. The molecule has 0 spiro atoms. The number of carbonyl (C=O) groups is 1. The van der Waals surface area contributed by atoms with Crippen LogP contribution in [0.3, 0.4) is 0 Å². The average molecular weight is 235 g/mol. The van der Waals surface area contributed by atoms with Gasteiger partial charge in [-0.05, 0) is 24.2 Å². The van der Waals surface area contributed by atoms with Crippen LogP contribution in [0.2, 0.25) is 0 Å². The van der Waals surface area contributed by atoms with Crippen LogP contribution in [0.5, 0.6) is 0 Å². The Bertz CT molecular complexity index is 359. The molecule has 0 fully saturated rings. The van der Waals surface area contributed by atoms with Crippen LogP contribution in [-0.4, -0.2) is 33.6 Å². The molecule has 0 aliphatic carbocycles. The molecule has 4 heteroatoms. The first-order chi connectivity index (χ1) is 8.08. The maximum Gasteiger partial charge on any atom is 0.220 e. The highest BCUT2D eigenvalue weighted by molar-refractivity contribution is 5.76. The van der Waals surface area contributed by atoms with Crippen LogP contribution in [0.25, 0.3) is 0 Å². The molecule has 0 bridgehead atoms. The summed E-state index contributed by atoms with van der Waals surface area (Å²) in [5.74, 6) is 0.114. The summed E-state index contributed by atoms with van der Waals surface area (Å²) in [6, 6.07) is 8.16. The van der Waals surface area contributed by atoms with Crippen molar-refractivity contribution in [2.45, 2.75) is 12.3 Å². The van der Waals surface area contributed by atoms with E-state index in [0.29, 0.717) is 13.0 Å². The van der Waals surface area contributed by atoms with E-state index in [0.717, 1.165) is 11.3 Å². The summed E-state index contributed by atoms with van der Waals surface area (Å²) < 4.78 is 0. The Hall–Kier alpha value is -1.55. The van der Waals surface area contributed by atoms with Crippen LogP contribution in [0.1, 0.15) is 17.9 Å². The number of benzene rings is 1. The highest BCUT2D eigenvalue weighted by atomic mass is 16.1. The van der Waals surface area contributed by atoms with Crippen molar-refractivity contribution in [1.29, 1.82) is 0 Å². The second kappa shape index (κ2) is 6.25. The number of nitrogens with two attached hydrogens (primary N) is 1. The first-order valence-corrected chi connectivity index (χ1v) is 5.76. The summed E-state index contributed by atoms with van der Waals surface area (Å²) in [5, 5.41) is 2.63. The normalized spacial score (nSPS) is 12.0. The molecule has 0 aliphatic rings. The third-order valence-electron chi connectivity index (χ3n) is 2.88. The largest absolute Gasteiger partial charge is 0.378 e. The van der Waals surface area contributed by atoms with Crippen LogP contribution in [0.4, 0.5) is 5.69 Å². The third kappa shape index (κ3) is 3.75. The van der Waals surface area contributed by atoms with Crippen molar-refractivity contribution in [2.24, 2.45) is 5.73 Å². The lowest BCUT2D eigenvalue weighted by molar-refractivity contribution is -0.120. The van der Waals surface area contributed by atoms with Gasteiger partial charge in [0.1, 0.15) is 0 Å². The van der Waals surface area contributed by atoms with Gasteiger partial charge in [0.15, 0.2) is 0 Å². The van der Waals surface area contributed by atoms with Gasteiger partial charge in [0.25, 0.3) is 0 Å². The van der Waals surface area contributed by atoms with Crippen molar-refractivity contribution < 1.29 is 4.79 Å². The van der Waals surface area contributed by atoms with Crippen LogP contribution < -0.4 is 16.0 Å². The number of hydrogen-bond donors (Lipinski definition) is 2. The maximum absolute atomic E-state index is 11.4. The summed E-state index contributed by atoms with van der Waals surface area (Å²) in [6.45, 7) is 0.481. The predicted octanol–water partition coefficient (Wildman–Crippen LogP) is 0.931. The van der Waals surface area contributed by atoms with Gasteiger partial charge in [-0.1, -0.05) is 12.1 Å². The van der Waals surface area contributed by atoms with E-state index in [1.807, 2.05) is 43.3 Å². The van der Waals surface area contributed by atoms with Crippen molar-refractivity contribution in [3.63, 3.8) is 0 Å². The Kier molecular flexibility index (Phi) is 4.97. The van der Waals surface area contributed by atoms with E-state index < -0.39 is 0 Å². The van der Waals surface area contributed by atoms with Crippen LogP contribution in [0, 0.1) is 0 Å². The molecule has 1 aromatic carbocycles. The van der Waals surface area contributed by atoms with E-state index in [1.165, 1.54) is 0 Å². The minimum absolute atomic E-state index is 0.0251. The zero-order valence-corrected chi connectivity index (χ0v) is 10.7. The molecule has 3 N–H and O–H groups in total. The van der Waals surface area contributed by atoms with Crippen molar-refractivity contribution in [1.82, 2.24) is 5.32 Å². The fourth-order valence-electron chi connectivity index (χ4n) is 1.71. The molecule has 0 aromatic heterocycles. The van der Waals surface area contributed by atoms with Crippen LogP contribution in [0.15, 0.2) is 24.3 Å². The van der Waals surface area contributed by atoms with Gasteiger partial charge in [0, 0.05) is 39.2 Å². The van der Waals surface area contributed by atoms with Crippen molar-refractivity contribution in [2.75, 3.05) is 32.6 Å². The molecule has 17 heavy (non-hydrogen) atoms. The zero-order chi connectivity index (χ0) is 12.8. The molecular weight excluding hydrogens is 214 g/mol. The molecule has 94 valence electrons. The van der Waals surface area contributed by atoms with Crippen molar-refractivity contribution >= 4 is 11.6 Å². The lowest BCUT2D eigenvalue weighted by Gasteiger charge is -2.17. The maximum atomic E-state index is 11.4. The topological polar surface area (TPSA) is 58.4 Å². The van der Waals surface area contributed by atoms with Gasteiger partial charge in [0.05, 0.1) is 0 Å². The Balaban J connectivity index is 2.78. The molecule has 0 saturated heterocycles. The molecule has 1 rings (SSSR count). The number of rotatable bonds is 5. The number of carbonyl (C=O) groups excluding carboxylic acids is 1. The molecule has 1 aromatic rings. The van der Waals surface area contributed by atoms with E-state index in [4.69, 9.17) is 5.73 Å². The van der Waals surface area contributed by atoms with Gasteiger partial charge in [-0.25, -0.2) is 0 Å². The number of hydrogen-bond acceptors (Lipinski definition) is 3. The molecule has 4 nitrogen and oxygen atoms in total. The summed E-state index contributed by atoms with van der Waals surface area (Å²) >= 11 is 0. The number of amides is 1. The Labute approximate surface area is 103 Å². The standard InChI is InChI=1S/C13H21N3O/c1-15-13(17)8-11(9-14)10-4-6-12(7-5-10)16(2)3/h4-7,11H,8-9,14H2,1-3H3,(H,15,17). The fraction of sp³-hybridized carbons (Fsp3) is 0.462. The van der Waals surface area contributed by atoms with Gasteiger partial charge in [-0.2, -0.15) is 0 Å². The number of nitrogens with one attached hydrogen (secondary N) is 1. The van der Waals surface area contributed by atoms with Gasteiger partial charge in [0.2, 0.25) is 5.91 Å². The zero-order valence-electron chi connectivity index (χ0n) is 10.7. The van der Waals surface area contributed by atoms with E-state index in [9.17, 15) is 4.79 Å². The Morgan fingerprint density at radius 3 is 2.35 bits per heavy atom. The summed E-state index contributed by atoms with van der Waals surface area (Å²) in [5.41, 5.74) is 7.97. The SMILES string of the molecule is CNC(=O)CC(CN)c1ccc(N(C)C)cc1. The Morgan fingerprint density at radius 1 is 1.35 bits per heavy atom. The highest BCUT2D eigenvalue weighted by Gasteiger charge is 2.13. The number of nitrogens with zero attached hydrogens (tertiary/aromatic N) is 1. The lowest BCUT2D eigenvalue weighted by Crippen LogP contribution is -2.24. The first-order valence-electron chi connectivity index (χ1n) is 5.76. The van der Waals surface area contributed by atoms with Crippen LogP contribution in [-0.2, 0) is 4.79 Å². The summed E-state index contributed by atoms with van der Waals surface area (Å²) in [4.78, 5) is 13.4. The second-order valence-electron chi connectivity index (χ2n) is 4.30. The minimum Gasteiger partial charge on any atom is -0.378 e. The monoisotopic (exact) mass is 235 g/mol. The molecule has 1 atom stereocenters. The quantitative estimate of drug-likeness (QED) is 0.798. The predicted molar refractivity (Wildman–Crippen MR) is 71.2 cm³/mol. The van der Waals surface area contributed by atoms with E-state index in [-0.39, 0.29) is 11.8 Å². The number of anilines is 1. The fourth-order valence-corrected chi connectivity index (χ4v) is 1.71. The van der Waals surface area contributed by atoms with Crippen LogP contribution >= 0.6 is 0 Å². The summed E-state index contributed by atoms with van der Waals surface area (Å²) in [7, 11) is 5.64. The Morgan fingerprint density at radius 2 is 1.94 bits per heavy atom. The molecule has 0 radical (unpaired) electrons. The van der Waals surface area contributed by atoms with Gasteiger partial charge >= 0.3 is 0 Å². The molecule has 1 unspecified atom stereocenters. The first kappa shape index (κ1) is 13.5.